The molecule has 0 aromatic rings. The van der Waals surface area contributed by atoms with Gasteiger partial charge in [-0.1, -0.05) is 58.4 Å². The van der Waals surface area contributed by atoms with Crippen LogP contribution in [-0.2, 0) is 52.2 Å². The van der Waals surface area contributed by atoms with Gasteiger partial charge < -0.3 is 124 Å². The molecule has 32 atom stereocenters. The quantitative estimate of drug-likeness (QED) is 0.0496. The summed E-state index contributed by atoms with van der Waals surface area (Å²) in [6.07, 6.45) is -30.2. The second-order valence-corrected chi connectivity index (χ2v) is 27.2. The molecule has 0 aromatic heterocycles. The summed E-state index contributed by atoms with van der Waals surface area (Å²) in [6.45, 7) is 14.8. The molecule has 4 saturated carbocycles. The number of hydrogen-bond acceptors (Lipinski definition) is 26. The van der Waals surface area contributed by atoms with E-state index in [0.717, 1.165) is 36.8 Å². The number of aliphatic hydroxyl groups is 15. The van der Waals surface area contributed by atoms with Crippen molar-refractivity contribution in [1.82, 2.24) is 0 Å². The maximum Gasteiger partial charge on any atom is 0.315 e. The van der Waals surface area contributed by atoms with Gasteiger partial charge in [-0.2, -0.15) is 0 Å². The van der Waals surface area contributed by atoms with Crippen molar-refractivity contribution in [3.8, 4) is 0 Å². The van der Waals surface area contributed by atoms with Gasteiger partial charge in [-0.3, -0.25) is 4.79 Å². The van der Waals surface area contributed by atoms with Crippen LogP contribution in [0.4, 0.5) is 0 Å². The van der Waals surface area contributed by atoms with Crippen LogP contribution in [-0.4, -0.2) is 263 Å². The van der Waals surface area contributed by atoms with E-state index in [1.165, 1.54) is 6.92 Å². The van der Waals surface area contributed by atoms with Gasteiger partial charge in [0.05, 0.1) is 44.1 Å². The zero-order valence-corrected chi connectivity index (χ0v) is 48.5. The van der Waals surface area contributed by atoms with E-state index in [1.54, 1.807) is 0 Å². The predicted molar refractivity (Wildman–Crippen MR) is 283 cm³/mol. The van der Waals surface area contributed by atoms with Crippen molar-refractivity contribution in [3.63, 3.8) is 0 Å². The highest BCUT2D eigenvalue weighted by Gasteiger charge is 2.70. The Morgan fingerprint density at radius 1 is 0.595 bits per heavy atom. The van der Waals surface area contributed by atoms with Crippen molar-refractivity contribution in [2.45, 2.75) is 259 Å². The van der Waals surface area contributed by atoms with Crippen molar-refractivity contribution in [3.05, 3.63) is 23.8 Å². The Balaban J connectivity index is 0.815. The third-order valence-corrected chi connectivity index (χ3v) is 22.5. The molecule has 0 spiro atoms. The Kier molecular flexibility index (Phi) is 18.8. The van der Waals surface area contributed by atoms with E-state index in [4.69, 9.17) is 47.4 Å². The lowest BCUT2D eigenvalue weighted by atomic mass is 9.34. The van der Waals surface area contributed by atoms with Crippen LogP contribution in [0.3, 0.4) is 0 Å². The second kappa shape index (κ2) is 24.3. The van der Waals surface area contributed by atoms with E-state index < -0.39 is 190 Å². The minimum absolute atomic E-state index is 0.132. The molecule has 0 aromatic carbocycles. The van der Waals surface area contributed by atoms with E-state index >= 15 is 4.79 Å². The van der Waals surface area contributed by atoms with E-state index in [2.05, 4.69) is 47.3 Å². The maximum absolute atomic E-state index is 15.1. The highest BCUT2D eigenvalue weighted by Crippen LogP contribution is 2.75. The van der Waals surface area contributed by atoms with Crippen LogP contribution in [0.15, 0.2) is 23.8 Å². The van der Waals surface area contributed by atoms with Crippen molar-refractivity contribution >= 4 is 5.97 Å². The first-order valence-electron chi connectivity index (χ1n) is 30.0. The van der Waals surface area contributed by atoms with Crippen molar-refractivity contribution in [2.24, 2.45) is 44.8 Å². The minimum Gasteiger partial charge on any atom is -0.432 e. The van der Waals surface area contributed by atoms with E-state index in [0.29, 0.717) is 38.5 Å². The van der Waals surface area contributed by atoms with Gasteiger partial charge in [-0.05, 0) is 105 Å². The fraction of sp³-hybridized carbons (Fsp3) is 0.914. The Bertz CT molecular complexity index is 2360. The largest absolute Gasteiger partial charge is 0.432 e. The third-order valence-electron chi connectivity index (χ3n) is 22.5. The predicted octanol–water partition coefficient (Wildman–Crippen LogP) is -3.01. The number of esters is 1. The summed E-state index contributed by atoms with van der Waals surface area (Å²) in [5.74, 6) is -0.645. The number of carbonyl (C=O) groups is 1. The zero-order chi connectivity index (χ0) is 61.1. The van der Waals surface area contributed by atoms with Gasteiger partial charge in [0.15, 0.2) is 25.2 Å². The van der Waals surface area contributed by atoms with Gasteiger partial charge in [0.1, 0.15) is 110 Å². The summed E-state index contributed by atoms with van der Waals surface area (Å²) >= 11 is 0. The summed E-state index contributed by atoms with van der Waals surface area (Å²) < 4.78 is 59.2. The SMILES string of the molecule is C=C1CC[C@]2(C(=O)O[C@@H]3O[C@H](CO[C@@H]4O[C@H](CO)[C@@H](O[C@@H]5O[C@@H](C)[C@H](O)[C@@H](O)[C@H]5O)[C@H](O)[C@H]4O)[C@@H](O)[C@H](O)[C@H]3O)CC[C@]3(C)C(=CC[C@@H]4[C@@]5(C)CC[C@H](O[C@@H]6OC[C@H](O)[C@H](O)[C@H]6O[C@@H]6O[C@H](CO)[C@@H](O)[C@H](O)[C@H]6O)C(C)(C)[C@@H]5CC[C@]43C)[C@@H]2C1. The van der Waals surface area contributed by atoms with Crippen LogP contribution in [0.2, 0.25) is 0 Å². The molecule has 480 valence electrons. The molecule has 26 heteroatoms. The molecule has 15 N–H and O–H groups in total. The summed E-state index contributed by atoms with van der Waals surface area (Å²) in [5, 5.41) is 160. The molecule has 5 aliphatic heterocycles. The third kappa shape index (κ3) is 10.8. The molecule has 0 radical (unpaired) electrons. The number of allylic oxidation sites excluding steroid dienone is 3. The molecule has 10 aliphatic rings. The summed E-state index contributed by atoms with van der Waals surface area (Å²) in [5.41, 5.74) is -0.246. The van der Waals surface area contributed by atoms with Gasteiger partial charge in [0.2, 0.25) is 6.29 Å². The average molecular weight is 1210 g/mol. The lowest BCUT2D eigenvalue weighted by Gasteiger charge is -2.71. The van der Waals surface area contributed by atoms with Gasteiger partial charge in [-0.15, -0.1) is 0 Å². The molecular weight excluding hydrogens is 1110 g/mol. The fourth-order valence-electron chi connectivity index (χ4n) is 17.1. The van der Waals surface area contributed by atoms with E-state index in [-0.39, 0.29) is 40.6 Å². The summed E-state index contributed by atoms with van der Waals surface area (Å²) in [6, 6.07) is 0. The Hall–Kier alpha value is -2.01. The molecule has 84 heavy (non-hydrogen) atoms. The van der Waals surface area contributed by atoms with Gasteiger partial charge in [0.25, 0.3) is 0 Å². The number of fused-ring (bicyclic) bond motifs is 7. The van der Waals surface area contributed by atoms with Crippen LogP contribution >= 0.6 is 0 Å². The maximum atomic E-state index is 15.1. The van der Waals surface area contributed by atoms with Crippen molar-refractivity contribution in [2.75, 3.05) is 26.4 Å². The topological polar surface area (TPSA) is 413 Å². The van der Waals surface area contributed by atoms with Crippen LogP contribution in [0.5, 0.6) is 0 Å². The van der Waals surface area contributed by atoms with Crippen LogP contribution in [0.1, 0.15) is 106 Å². The number of rotatable bonds is 13. The van der Waals surface area contributed by atoms with E-state index in [1.807, 2.05) is 0 Å². The molecular formula is C58H92O26. The first kappa shape index (κ1) is 65.0. The lowest BCUT2D eigenvalue weighted by molar-refractivity contribution is -0.367. The fourth-order valence-corrected chi connectivity index (χ4v) is 17.1. The van der Waals surface area contributed by atoms with Gasteiger partial charge in [0, 0.05) is 5.92 Å². The van der Waals surface area contributed by atoms with Gasteiger partial charge in [-0.25, -0.2) is 0 Å². The zero-order valence-electron chi connectivity index (χ0n) is 48.5. The molecule has 26 nitrogen and oxygen atoms in total. The molecule has 5 heterocycles. The highest BCUT2D eigenvalue weighted by molar-refractivity contribution is 5.79. The average Bonchev–Trinajstić information content (AvgIpc) is 0.746. The molecule has 9 fully saturated rings. The monoisotopic (exact) mass is 1200 g/mol. The molecule has 5 saturated heterocycles. The van der Waals surface area contributed by atoms with Crippen LogP contribution in [0.25, 0.3) is 0 Å². The first-order chi connectivity index (χ1) is 39.5. The molecule has 5 aliphatic carbocycles. The number of ether oxygens (including phenoxy) is 10. The van der Waals surface area contributed by atoms with Crippen LogP contribution < -0.4 is 0 Å². The van der Waals surface area contributed by atoms with Crippen molar-refractivity contribution in [1.29, 1.82) is 0 Å². The molecule has 0 amide bonds. The molecule has 10 rings (SSSR count). The molecule has 0 unspecified atom stereocenters. The summed E-state index contributed by atoms with van der Waals surface area (Å²) in [4.78, 5) is 15.1. The Morgan fingerprint density at radius 3 is 1.87 bits per heavy atom. The normalized spacial score (nSPS) is 54.0. The highest BCUT2D eigenvalue weighted by atomic mass is 16.8. The number of hydrogen-bond donors (Lipinski definition) is 15. The first-order valence-corrected chi connectivity index (χ1v) is 30.0. The summed E-state index contributed by atoms with van der Waals surface area (Å²) in [7, 11) is 0. The van der Waals surface area contributed by atoms with Crippen molar-refractivity contribution < 1.29 is 129 Å². The standard InChI is InChI=1S/C58H92O26/c1-23-10-15-58(53(74)84-51-44(72)40(68)37(65)30(80-51)22-76-48-45(73)41(69)46(29(20-60)79-48)82-49-42(70)38(66)34(62)24(2)77-49)17-16-56(6)25(26(58)18-23)8-9-32-55(5)13-12-33(54(3,4)31(55)11-14-57(32,56)7)81-52-47(35(63)27(61)21-75-52)83-50-43(71)39(67)36(64)28(19-59)78-50/h8,24,26-52,59-73H,1,9-22H2,2-7H3/t24-,26-,27-,28+,29+,30+,31-,32+,33-,34-,35-,36+,37+,38+,39-,40-,41+,42+,43+,44+,45+,46+,47+,48+,49-,50-,51-,52-,55-,56+,57+,58-/m0/s1. The van der Waals surface area contributed by atoms with Gasteiger partial charge >= 0.3 is 5.97 Å². The lowest BCUT2D eigenvalue weighted by Crippen LogP contribution is -2.66. The Labute approximate surface area is 487 Å². The smallest absolute Gasteiger partial charge is 0.315 e. The number of carbonyl (C=O) groups excluding carboxylic acids is 1. The van der Waals surface area contributed by atoms with Crippen LogP contribution in [0, 0.1) is 44.8 Å². The minimum atomic E-state index is -1.90. The molecule has 0 bridgehead atoms. The Morgan fingerprint density at radius 2 is 1.19 bits per heavy atom. The second-order valence-electron chi connectivity index (χ2n) is 27.2. The number of aliphatic hydroxyl groups excluding tert-OH is 15. The van der Waals surface area contributed by atoms with E-state index in [9.17, 15) is 76.6 Å².